The van der Waals surface area contributed by atoms with Crippen molar-refractivity contribution in [3.63, 3.8) is 0 Å². The van der Waals surface area contributed by atoms with Gasteiger partial charge in [-0.1, -0.05) is 0 Å². The quantitative estimate of drug-likeness (QED) is 0.908. The van der Waals surface area contributed by atoms with Crippen LogP contribution in [0.1, 0.15) is 0 Å². The van der Waals surface area contributed by atoms with E-state index in [-0.39, 0.29) is 6.10 Å². The van der Waals surface area contributed by atoms with Crippen molar-refractivity contribution in [3.8, 4) is 0 Å². The Bertz CT molecular complexity index is 342. The third-order valence-corrected chi connectivity index (χ3v) is 3.26. The molecule has 1 unspecified atom stereocenters. The van der Waals surface area contributed by atoms with Crippen LogP contribution in [0.2, 0.25) is 0 Å². The molecule has 1 aromatic heterocycles. The van der Waals surface area contributed by atoms with E-state index in [0.29, 0.717) is 0 Å². The van der Waals surface area contributed by atoms with Gasteiger partial charge >= 0.3 is 0 Å². The molecular formula is C11H16BrN3O. The molecule has 1 saturated heterocycles. The average molecular weight is 286 g/mol. The van der Waals surface area contributed by atoms with E-state index in [4.69, 9.17) is 4.74 Å². The Kier molecular flexibility index (Phi) is 4.15. The number of halogens is 1. The Morgan fingerprint density at radius 2 is 2.56 bits per heavy atom. The number of pyridine rings is 1. The number of anilines is 1. The topological polar surface area (TPSA) is 37.4 Å². The molecule has 1 aliphatic heterocycles. The number of hydrogen-bond acceptors (Lipinski definition) is 4. The second-order valence-electron chi connectivity index (χ2n) is 3.90. The van der Waals surface area contributed by atoms with Gasteiger partial charge in [0.1, 0.15) is 0 Å². The Morgan fingerprint density at radius 3 is 3.25 bits per heavy atom. The fraction of sp³-hybridized carbons (Fsp3) is 0.545. The van der Waals surface area contributed by atoms with Crippen molar-refractivity contribution >= 4 is 21.6 Å². The van der Waals surface area contributed by atoms with Crippen molar-refractivity contribution in [2.75, 3.05) is 38.2 Å². The summed E-state index contributed by atoms with van der Waals surface area (Å²) in [5.74, 6) is 0. The van der Waals surface area contributed by atoms with Crippen molar-refractivity contribution < 1.29 is 4.74 Å². The molecule has 2 heterocycles. The number of aromatic nitrogens is 1. The van der Waals surface area contributed by atoms with E-state index in [1.807, 2.05) is 12.3 Å². The lowest BCUT2D eigenvalue weighted by Crippen LogP contribution is -2.44. The molecule has 5 heteroatoms. The summed E-state index contributed by atoms with van der Waals surface area (Å²) >= 11 is 3.50. The van der Waals surface area contributed by atoms with Crippen LogP contribution in [0.4, 0.5) is 5.69 Å². The van der Waals surface area contributed by atoms with Gasteiger partial charge < -0.3 is 15.0 Å². The molecular weight excluding hydrogens is 270 g/mol. The second kappa shape index (κ2) is 5.61. The highest BCUT2D eigenvalue weighted by atomic mass is 79.9. The van der Waals surface area contributed by atoms with Crippen molar-refractivity contribution in [2.24, 2.45) is 0 Å². The van der Waals surface area contributed by atoms with Crippen LogP contribution in [-0.2, 0) is 4.74 Å². The van der Waals surface area contributed by atoms with E-state index in [9.17, 15) is 0 Å². The van der Waals surface area contributed by atoms with E-state index >= 15 is 0 Å². The van der Waals surface area contributed by atoms with Crippen LogP contribution in [0.5, 0.6) is 0 Å². The van der Waals surface area contributed by atoms with Gasteiger partial charge in [0.05, 0.1) is 22.9 Å². The standard InChI is InChI=1S/C11H16BrN3O/c1-15(8-9-6-14-4-5-16-9)11-2-3-13-7-10(11)12/h2-3,7,9,14H,4-6,8H2,1H3. The summed E-state index contributed by atoms with van der Waals surface area (Å²) < 4.78 is 6.69. The Labute approximate surface area is 104 Å². The van der Waals surface area contributed by atoms with Crippen molar-refractivity contribution in [2.45, 2.75) is 6.10 Å². The van der Waals surface area contributed by atoms with Gasteiger partial charge in [-0.05, 0) is 22.0 Å². The summed E-state index contributed by atoms with van der Waals surface area (Å²) in [6.45, 7) is 3.57. The zero-order valence-corrected chi connectivity index (χ0v) is 10.9. The number of likely N-dealkylation sites (N-methyl/N-ethyl adjacent to an activating group) is 1. The van der Waals surface area contributed by atoms with Crippen LogP contribution in [0.3, 0.4) is 0 Å². The SMILES string of the molecule is CN(CC1CNCCO1)c1ccncc1Br. The number of rotatable bonds is 3. The van der Waals surface area contributed by atoms with Gasteiger partial charge in [0.15, 0.2) is 0 Å². The lowest BCUT2D eigenvalue weighted by atomic mass is 10.2. The minimum absolute atomic E-state index is 0.263. The van der Waals surface area contributed by atoms with E-state index in [1.54, 1.807) is 6.20 Å². The highest BCUT2D eigenvalue weighted by Gasteiger charge is 2.16. The summed E-state index contributed by atoms with van der Waals surface area (Å²) in [7, 11) is 2.07. The first-order chi connectivity index (χ1) is 7.77. The zero-order chi connectivity index (χ0) is 11.4. The number of nitrogens with one attached hydrogen (secondary N) is 1. The third kappa shape index (κ3) is 2.93. The van der Waals surface area contributed by atoms with Crippen LogP contribution in [0, 0.1) is 0 Å². The predicted octanol–water partition coefficient (Wildman–Crippen LogP) is 1.27. The molecule has 0 bridgehead atoms. The maximum atomic E-state index is 5.67. The zero-order valence-electron chi connectivity index (χ0n) is 9.32. The number of ether oxygens (including phenoxy) is 1. The maximum absolute atomic E-state index is 5.67. The molecule has 1 aliphatic rings. The highest BCUT2D eigenvalue weighted by molar-refractivity contribution is 9.10. The summed E-state index contributed by atoms with van der Waals surface area (Å²) in [5, 5.41) is 3.33. The molecule has 0 amide bonds. The molecule has 1 atom stereocenters. The molecule has 1 aromatic rings. The molecule has 0 aliphatic carbocycles. The molecule has 0 spiro atoms. The first kappa shape index (κ1) is 11.8. The largest absolute Gasteiger partial charge is 0.374 e. The van der Waals surface area contributed by atoms with Gasteiger partial charge in [0.25, 0.3) is 0 Å². The minimum Gasteiger partial charge on any atom is -0.374 e. The molecule has 4 nitrogen and oxygen atoms in total. The molecule has 2 rings (SSSR count). The summed E-state index contributed by atoms with van der Waals surface area (Å²) in [6.07, 6.45) is 3.88. The molecule has 88 valence electrons. The van der Waals surface area contributed by atoms with Crippen LogP contribution in [0.25, 0.3) is 0 Å². The van der Waals surface area contributed by atoms with Crippen molar-refractivity contribution in [1.82, 2.24) is 10.3 Å². The molecule has 0 saturated carbocycles. The van der Waals surface area contributed by atoms with Crippen LogP contribution in [0.15, 0.2) is 22.9 Å². The normalized spacial score (nSPS) is 20.8. The first-order valence-corrected chi connectivity index (χ1v) is 6.19. The van der Waals surface area contributed by atoms with Gasteiger partial charge in [-0.3, -0.25) is 4.98 Å². The number of nitrogens with zero attached hydrogens (tertiary/aromatic N) is 2. The van der Waals surface area contributed by atoms with Gasteiger partial charge in [-0.2, -0.15) is 0 Å². The Morgan fingerprint density at radius 1 is 1.69 bits per heavy atom. The molecule has 0 aromatic carbocycles. The van der Waals surface area contributed by atoms with E-state index in [2.05, 4.69) is 38.2 Å². The van der Waals surface area contributed by atoms with Crippen LogP contribution < -0.4 is 10.2 Å². The predicted molar refractivity (Wildman–Crippen MR) is 67.8 cm³/mol. The molecule has 1 fully saturated rings. The first-order valence-electron chi connectivity index (χ1n) is 5.40. The Balaban J connectivity index is 1.96. The van der Waals surface area contributed by atoms with Crippen molar-refractivity contribution in [1.29, 1.82) is 0 Å². The maximum Gasteiger partial charge on any atom is 0.0874 e. The Hall–Kier alpha value is -0.650. The lowest BCUT2D eigenvalue weighted by Gasteiger charge is -2.29. The van der Waals surface area contributed by atoms with Gasteiger partial charge in [0, 0.05) is 39.1 Å². The monoisotopic (exact) mass is 285 g/mol. The second-order valence-corrected chi connectivity index (χ2v) is 4.76. The van der Waals surface area contributed by atoms with Crippen LogP contribution >= 0.6 is 15.9 Å². The van der Waals surface area contributed by atoms with E-state index in [0.717, 1.165) is 36.4 Å². The average Bonchev–Trinajstić information content (AvgIpc) is 2.31. The third-order valence-electron chi connectivity index (χ3n) is 2.64. The van der Waals surface area contributed by atoms with Gasteiger partial charge in [-0.25, -0.2) is 0 Å². The fourth-order valence-electron chi connectivity index (χ4n) is 1.82. The molecule has 0 radical (unpaired) electrons. The minimum atomic E-state index is 0.263. The summed E-state index contributed by atoms with van der Waals surface area (Å²) in [5.41, 5.74) is 1.14. The summed E-state index contributed by atoms with van der Waals surface area (Å²) in [6, 6.07) is 2.00. The lowest BCUT2D eigenvalue weighted by molar-refractivity contribution is 0.0340. The van der Waals surface area contributed by atoms with Gasteiger partial charge in [-0.15, -0.1) is 0 Å². The molecule has 1 N–H and O–H groups in total. The smallest absolute Gasteiger partial charge is 0.0874 e. The molecule has 16 heavy (non-hydrogen) atoms. The number of hydrogen-bond donors (Lipinski definition) is 1. The van der Waals surface area contributed by atoms with E-state index in [1.165, 1.54) is 0 Å². The van der Waals surface area contributed by atoms with Crippen molar-refractivity contribution in [3.05, 3.63) is 22.9 Å². The number of morpholine rings is 1. The highest BCUT2D eigenvalue weighted by Crippen LogP contribution is 2.23. The van der Waals surface area contributed by atoms with Crippen LogP contribution in [-0.4, -0.2) is 44.4 Å². The van der Waals surface area contributed by atoms with Gasteiger partial charge in [0.2, 0.25) is 0 Å². The fourth-order valence-corrected chi connectivity index (χ4v) is 2.37. The van der Waals surface area contributed by atoms with E-state index < -0.39 is 0 Å². The summed E-state index contributed by atoms with van der Waals surface area (Å²) in [4.78, 5) is 6.24.